The number of urea groups is 1. The van der Waals surface area contributed by atoms with E-state index in [9.17, 15) is 4.79 Å². The van der Waals surface area contributed by atoms with Crippen molar-refractivity contribution < 1.29 is 4.79 Å². The summed E-state index contributed by atoms with van der Waals surface area (Å²) in [6.07, 6.45) is 2.50. The summed E-state index contributed by atoms with van der Waals surface area (Å²) >= 11 is 0. The van der Waals surface area contributed by atoms with Crippen molar-refractivity contribution in [2.75, 3.05) is 23.3 Å². The normalized spacial score (nSPS) is 15.0. The van der Waals surface area contributed by atoms with Crippen LogP contribution in [0.3, 0.4) is 0 Å². The van der Waals surface area contributed by atoms with Crippen LogP contribution in [0, 0.1) is 12.8 Å². The molecule has 2 N–H and O–H groups in total. The molecule has 0 saturated carbocycles. The van der Waals surface area contributed by atoms with Crippen LogP contribution < -0.4 is 15.5 Å². The van der Waals surface area contributed by atoms with Gasteiger partial charge in [-0.25, -0.2) is 4.79 Å². The van der Waals surface area contributed by atoms with E-state index in [1.54, 1.807) is 0 Å². The van der Waals surface area contributed by atoms with Gasteiger partial charge in [-0.05, 0) is 55.5 Å². The summed E-state index contributed by atoms with van der Waals surface area (Å²) < 4.78 is 0. The maximum absolute atomic E-state index is 12.1. The molecule has 1 fully saturated rings. The second-order valence-electron chi connectivity index (χ2n) is 7.01. The SMILES string of the molecule is Cc1cccc(CNC(=O)Nc2ccc(N3CCC(C)CC3)cc2)c1. The highest BCUT2D eigenvalue weighted by molar-refractivity contribution is 5.89. The van der Waals surface area contributed by atoms with Crippen molar-refractivity contribution >= 4 is 17.4 Å². The molecule has 4 heteroatoms. The molecular formula is C21H27N3O. The van der Waals surface area contributed by atoms with Crippen molar-refractivity contribution in [1.29, 1.82) is 0 Å². The number of benzene rings is 2. The standard InChI is InChI=1S/C21H27N3O/c1-16-10-12-24(13-11-16)20-8-6-19(7-9-20)23-21(25)22-15-18-5-3-4-17(2)14-18/h3-9,14,16H,10-13,15H2,1-2H3,(H2,22,23,25). The summed E-state index contributed by atoms with van der Waals surface area (Å²) in [5, 5.41) is 5.79. The Morgan fingerprint density at radius 3 is 2.52 bits per heavy atom. The summed E-state index contributed by atoms with van der Waals surface area (Å²) in [7, 11) is 0. The Morgan fingerprint density at radius 1 is 1.12 bits per heavy atom. The van der Waals surface area contributed by atoms with Crippen LogP contribution in [0.1, 0.15) is 30.9 Å². The Hall–Kier alpha value is -2.49. The van der Waals surface area contributed by atoms with Gasteiger partial charge in [-0.3, -0.25) is 0 Å². The van der Waals surface area contributed by atoms with E-state index < -0.39 is 0 Å². The molecule has 0 aliphatic carbocycles. The van der Waals surface area contributed by atoms with Gasteiger partial charge in [0.25, 0.3) is 0 Å². The fraction of sp³-hybridized carbons (Fsp3) is 0.381. The van der Waals surface area contributed by atoms with Crippen LogP contribution in [0.4, 0.5) is 16.2 Å². The monoisotopic (exact) mass is 337 g/mol. The van der Waals surface area contributed by atoms with Gasteiger partial charge in [0.15, 0.2) is 0 Å². The Bertz CT molecular complexity index is 703. The number of nitrogens with one attached hydrogen (secondary N) is 2. The van der Waals surface area contributed by atoms with Crippen molar-refractivity contribution in [3.05, 3.63) is 59.7 Å². The summed E-state index contributed by atoms with van der Waals surface area (Å²) in [5.74, 6) is 0.828. The fourth-order valence-corrected chi connectivity index (χ4v) is 3.20. The van der Waals surface area contributed by atoms with Crippen LogP contribution in [-0.2, 0) is 6.54 Å². The first kappa shape index (κ1) is 17.3. The Morgan fingerprint density at radius 2 is 1.84 bits per heavy atom. The Kier molecular flexibility index (Phi) is 5.59. The van der Waals surface area contributed by atoms with E-state index in [1.807, 2.05) is 37.3 Å². The molecule has 0 aromatic heterocycles. The van der Waals surface area contributed by atoms with E-state index in [2.05, 4.69) is 40.7 Å². The Labute approximate surface area is 150 Å². The maximum Gasteiger partial charge on any atom is 0.319 e. The van der Waals surface area contributed by atoms with Crippen LogP contribution in [-0.4, -0.2) is 19.1 Å². The number of nitrogens with zero attached hydrogens (tertiary/aromatic N) is 1. The third kappa shape index (κ3) is 4.99. The average molecular weight is 337 g/mol. The number of amides is 2. The van der Waals surface area contributed by atoms with Crippen molar-refractivity contribution in [2.24, 2.45) is 5.92 Å². The van der Waals surface area contributed by atoms with E-state index in [0.717, 1.165) is 30.3 Å². The second-order valence-corrected chi connectivity index (χ2v) is 7.01. The first-order chi connectivity index (χ1) is 12.1. The van der Waals surface area contributed by atoms with Crippen molar-refractivity contribution in [2.45, 2.75) is 33.2 Å². The van der Waals surface area contributed by atoms with Crippen LogP contribution >= 0.6 is 0 Å². The van der Waals surface area contributed by atoms with Gasteiger partial charge in [0.1, 0.15) is 0 Å². The molecule has 132 valence electrons. The smallest absolute Gasteiger partial charge is 0.319 e. The zero-order valence-corrected chi connectivity index (χ0v) is 15.1. The van der Waals surface area contributed by atoms with Crippen LogP contribution in [0.5, 0.6) is 0 Å². The highest BCUT2D eigenvalue weighted by atomic mass is 16.2. The zero-order chi connectivity index (χ0) is 17.6. The third-order valence-corrected chi connectivity index (χ3v) is 4.81. The summed E-state index contributed by atoms with van der Waals surface area (Å²) in [6.45, 7) is 7.13. The molecule has 0 bridgehead atoms. The number of aryl methyl sites for hydroxylation is 1. The van der Waals surface area contributed by atoms with Gasteiger partial charge in [0.2, 0.25) is 0 Å². The molecule has 0 unspecified atom stereocenters. The van der Waals surface area contributed by atoms with Crippen LogP contribution in [0.25, 0.3) is 0 Å². The zero-order valence-electron chi connectivity index (χ0n) is 15.1. The second kappa shape index (κ2) is 8.06. The van der Waals surface area contributed by atoms with E-state index in [0.29, 0.717) is 6.54 Å². The van der Waals surface area contributed by atoms with Gasteiger partial charge in [-0.15, -0.1) is 0 Å². The van der Waals surface area contributed by atoms with Crippen molar-refractivity contribution in [3.63, 3.8) is 0 Å². The number of anilines is 2. The summed E-state index contributed by atoms with van der Waals surface area (Å²) in [4.78, 5) is 14.5. The predicted molar refractivity (Wildman–Crippen MR) is 104 cm³/mol. The molecule has 1 aliphatic rings. The minimum absolute atomic E-state index is 0.180. The third-order valence-electron chi connectivity index (χ3n) is 4.81. The molecular weight excluding hydrogens is 310 g/mol. The molecule has 2 aromatic carbocycles. The number of piperidine rings is 1. The molecule has 0 radical (unpaired) electrons. The minimum atomic E-state index is -0.180. The van der Waals surface area contributed by atoms with Crippen molar-refractivity contribution in [1.82, 2.24) is 5.32 Å². The van der Waals surface area contributed by atoms with E-state index in [1.165, 1.54) is 24.1 Å². The van der Waals surface area contributed by atoms with Gasteiger partial charge in [0, 0.05) is 31.0 Å². The molecule has 0 atom stereocenters. The van der Waals surface area contributed by atoms with Gasteiger partial charge >= 0.3 is 6.03 Å². The molecule has 1 aliphatic heterocycles. The lowest BCUT2D eigenvalue weighted by Gasteiger charge is -2.32. The van der Waals surface area contributed by atoms with Gasteiger partial charge < -0.3 is 15.5 Å². The quantitative estimate of drug-likeness (QED) is 0.859. The molecule has 0 spiro atoms. The fourth-order valence-electron chi connectivity index (χ4n) is 3.20. The van der Waals surface area contributed by atoms with Crippen LogP contribution in [0.15, 0.2) is 48.5 Å². The molecule has 25 heavy (non-hydrogen) atoms. The lowest BCUT2D eigenvalue weighted by atomic mass is 9.99. The highest BCUT2D eigenvalue weighted by Gasteiger charge is 2.15. The first-order valence-electron chi connectivity index (χ1n) is 9.05. The van der Waals surface area contributed by atoms with Gasteiger partial charge in [-0.2, -0.15) is 0 Å². The number of rotatable bonds is 4. The predicted octanol–water partition coefficient (Wildman–Crippen LogP) is 4.55. The number of carbonyl (C=O) groups excluding carboxylic acids is 1. The molecule has 3 rings (SSSR count). The lowest BCUT2D eigenvalue weighted by Crippen LogP contribution is -2.32. The lowest BCUT2D eigenvalue weighted by molar-refractivity contribution is 0.251. The molecule has 1 saturated heterocycles. The van der Waals surface area contributed by atoms with Crippen LogP contribution in [0.2, 0.25) is 0 Å². The van der Waals surface area contributed by atoms with Gasteiger partial charge in [0.05, 0.1) is 0 Å². The molecule has 4 nitrogen and oxygen atoms in total. The number of carbonyl (C=O) groups is 1. The van der Waals surface area contributed by atoms with E-state index in [-0.39, 0.29) is 6.03 Å². The Balaban J connectivity index is 1.50. The maximum atomic E-state index is 12.1. The summed E-state index contributed by atoms with van der Waals surface area (Å²) in [5.41, 5.74) is 4.35. The molecule has 2 amide bonds. The highest BCUT2D eigenvalue weighted by Crippen LogP contribution is 2.24. The molecule has 1 heterocycles. The summed E-state index contributed by atoms with van der Waals surface area (Å²) in [6, 6.07) is 16.1. The number of hydrogen-bond acceptors (Lipinski definition) is 2. The minimum Gasteiger partial charge on any atom is -0.372 e. The largest absolute Gasteiger partial charge is 0.372 e. The van der Waals surface area contributed by atoms with Gasteiger partial charge in [-0.1, -0.05) is 36.8 Å². The van der Waals surface area contributed by atoms with Crippen molar-refractivity contribution in [3.8, 4) is 0 Å². The number of hydrogen-bond donors (Lipinski definition) is 2. The average Bonchev–Trinajstić information content (AvgIpc) is 2.62. The first-order valence-corrected chi connectivity index (χ1v) is 9.05. The van der Waals surface area contributed by atoms with E-state index >= 15 is 0 Å². The molecule has 2 aromatic rings. The van der Waals surface area contributed by atoms with E-state index in [4.69, 9.17) is 0 Å². The topological polar surface area (TPSA) is 44.4 Å².